The summed E-state index contributed by atoms with van der Waals surface area (Å²) < 4.78 is 27.2. The first-order valence-corrected chi connectivity index (χ1v) is 8.22. The first-order chi connectivity index (χ1) is 10.4. The van der Waals surface area contributed by atoms with Crippen molar-refractivity contribution in [3.05, 3.63) is 48.3 Å². The Kier molecular flexibility index (Phi) is 4.94. The number of rotatable bonds is 6. The summed E-state index contributed by atoms with van der Waals surface area (Å²) in [7, 11) is -2.15. The van der Waals surface area contributed by atoms with E-state index in [1.54, 1.807) is 10.9 Å². The van der Waals surface area contributed by atoms with Crippen molar-refractivity contribution in [1.82, 2.24) is 19.8 Å². The second-order valence-corrected chi connectivity index (χ2v) is 6.72. The minimum absolute atomic E-state index is 0.104. The predicted molar refractivity (Wildman–Crippen MR) is 81.8 cm³/mol. The maximum atomic E-state index is 12.1. The van der Waals surface area contributed by atoms with Crippen LogP contribution < -0.4 is 10.0 Å². The fourth-order valence-corrected chi connectivity index (χ4v) is 2.68. The van der Waals surface area contributed by atoms with Gasteiger partial charge in [0.05, 0.1) is 11.4 Å². The number of sulfonamides is 1. The minimum atomic E-state index is -3.49. The highest BCUT2D eigenvalue weighted by molar-refractivity contribution is 7.89. The van der Waals surface area contributed by atoms with Gasteiger partial charge in [0, 0.05) is 24.0 Å². The summed E-state index contributed by atoms with van der Waals surface area (Å²) in [6, 6.07) is 7.49. The molecule has 0 aliphatic rings. The molecule has 0 saturated carbocycles. The molecular formula is C14H18N4O3S. The van der Waals surface area contributed by atoms with Crippen molar-refractivity contribution in [1.29, 1.82) is 0 Å². The van der Waals surface area contributed by atoms with Crippen molar-refractivity contribution in [3.63, 3.8) is 0 Å². The van der Waals surface area contributed by atoms with Crippen LogP contribution in [0.5, 0.6) is 0 Å². The molecule has 22 heavy (non-hydrogen) atoms. The van der Waals surface area contributed by atoms with Crippen LogP contribution in [0.3, 0.4) is 0 Å². The standard InChI is InChI=1S/C14H18N4O3S/c1-11(10-18-9-3-8-16-18)17-14(19)12-4-6-13(7-5-12)22(20,21)15-2/h3-9,11,15H,10H2,1-2H3,(H,17,19)/t11-/m0/s1. The lowest BCUT2D eigenvalue weighted by atomic mass is 10.2. The van der Waals surface area contributed by atoms with Gasteiger partial charge < -0.3 is 5.32 Å². The fourth-order valence-electron chi connectivity index (χ4n) is 1.95. The maximum Gasteiger partial charge on any atom is 0.251 e. The molecule has 0 spiro atoms. The molecule has 1 amide bonds. The molecule has 0 radical (unpaired) electrons. The van der Waals surface area contributed by atoms with Crippen molar-refractivity contribution < 1.29 is 13.2 Å². The Morgan fingerprint density at radius 2 is 2.00 bits per heavy atom. The van der Waals surface area contributed by atoms with Crippen LogP contribution in [0.2, 0.25) is 0 Å². The van der Waals surface area contributed by atoms with E-state index in [9.17, 15) is 13.2 Å². The van der Waals surface area contributed by atoms with Crippen LogP contribution in [0.1, 0.15) is 17.3 Å². The molecule has 2 N–H and O–H groups in total. The van der Waals surface area contributed by atoms with Gasteiger partial charge in [0.25, 0.3) is 5.91 Å². The lowest BCUT2D eigenvalue weighted by molar-refractivity contribution is 0.0936. The topological polar surface area (TPSA) is 93.1 Å². The molecule has 0 bridgehead atoms. The zero-order valence-corrected chi connectivity index (χ0v) is 13.2. The van der Waals surface area contributed by atoms with Gasteiger partial charge in [-0.25, -0.2) is 13.1 Å². The minimum Gasteiger partial charge on any atom is -0.348 e. The number of carbonyl (C=O) groups excluding carboxylic acids is 1. The Hall–Kier alpha value is -2.19. The summed E-state index contributed by atoms with van der Waals surface area (Å²) in [5, 5.41) is 6.92. The van der Waals surface area contributed by atoms with E-state index in [4.69, 9.17) is 0 Å². The Morgan fingerprint density at radius 3 is 2.55 bits per heavy atom. The molecule has 0 aliphatic carbocycles. The van der Waals surface area contributed by atoms with Crippen LogP contribution in [0, 0.1) is 0 Å². The third-order valence-corrected chi connectivity index (χ3v) is 4.52. The number of hydrogen-bond donors (Lipinski definition) is 2. The van der Waals surface area contributed by atoms with Gasteiger partial charge in [0.15, 0.2) is 0 Å². The van der Waals surface area contributed by atoms with E-state index in [-0.39, 0.29) is 16.8 Å². The molecule has 1 aromatic heterocycles. The lowest BCUT2D eigenvalue weighted by Gasteiger charge is -2.14. The smallest absolute Gasteiger partial charge is 0.251 e. The third-order valence-electron chi connectivity index (χ3n) is 3.09. The molecule has 8 heteroatoms. The highest BCUT2D eigenvalue weighted by Gasteiger charge is 2.14. The van der Waals surface area contributed by atoms with Gasteiger partial charge in [-0.3, -0.25) is 9.48 Å². The molecule has 0 saturated heterocycles. The van der Waals surface area contributed by atoms with Crippen LogP contribution in [-0.2, 0) is 16.6 Å². The maximum absolute atomic E-state index is 12.1. The molecular weight excluding hydrogens is 304 g/mol. The Labute approximate surface area is 129 Å². The summed E-state index contributed by atoms with van der Waals surface area (Å²) in [4.78, 5) is 12.2. The number of nitrogens with zero attached hydrogens (tertiary/aromatic N) is 2. The number of amides is 1. The second-order valence-electron chi connectivity index (χ2n) is 4.83. The molecule has 2 aromatic rings. The second kappa shape index (κ2) is 6.71. The first-order valence-electron chi connectivity index (χ1n) is 6.74. The van der Waals surface area contributed by atoms with Gasteiger partial charge in [-0.05, 0) is 44.3 Å². The summed E-state index contributed by atoms with van der Waals surface area (Å²) in [5.74, 6) is -0.256. The molecule has 0 aliphatic heterocycles. The van der Waals surface area contributed by atoms with Crippen LogP contribution in [0.15, 0.2) is 47.6 Å². The zero-order valence-electron chi connectivity index (χ0n) is 12.4. The van der Waals surface area contributed by atoms with Crippen molar-refractivity contribution in [3.8, 4) is 0 Å². The number of nitrogens with one attached hydrogen (secondary N) is 2. The van der Waals surface area contributed by atoms with Crippen LogP contribution in [0.4, 0.5) is 0 Å². The molecule has 7 nitrogen and oxygen atoms in total. The van der Waals surface area contributed by atoms with E-state index < -0.39 is 10.0 Å². The normalized spacial score (nSPS) is 12.8. The van der Waals surface area contributed by atoms with E-state index in [1.165, 1.54) is 31.3 Å². The van der Waals surface area contributed by atoms with Crippen LogP contribution in [-0.4, -0.2) is 37.2 Å². The Balaban J connectivity index is 2.01. The largest absolute Gasteiger partial charge is 0.348 e. The summed E-state index contributed by atoms with van der Waals surface area (Å²) in [5.41, 5.74) is 0.405. The lowest BCUT2D eigenvalue weighted by Crippen LogP contribution is -2.35. The van der Waals surface area contributed by atoms with Crippen LogP contribution >= 0.6 is 0 Å². The number of hydrogen-bond acceptors (Lipinski definition) is 4. The summed E-state index contributed by atoms with van der Waals surface area (Å²) in [6.45, 7) is 2.43. The van der Waals surface area contributed by atoms with E-state index in [0.29, 0.717) is 12.1 Å². The van der Waals surface area contributed by atoms with Crippen molar-refractivity contribution in [2.24, 2.45) is 0 Å². The molecule has 118 valence electrons. The Morgan fingerprint density at radius 1 is 1.32 bits per heavy atom. The van der Waals surface area contributed by atoms with Gasteiger partial charge in [0.1, 0.15) is 0 Å². The quantitative estimate of drug-likeness (QED) is 0.815. The average Bonchev–Trinajstić information content (AvgIpc) is 3.00. The fraction of sp³-hybridized carbons (Fsp3) is 0.286. The summed E-state index contributed by atoms with van der Waals surface area (Å²) >= 11 is 0. The van der Waals surface area contributed by atoms with Crippen molar-refractivity contribution >= 4 is 15.9 Å². The van der Waals surface area contributed by atoms with Gasteiger partial charge in [0.2, 0.25) is 10.0 Å². The van der Waals surface area contributed by atoms with E-state index in [1.807, 2.05) is 19.2 Å². The molecule has 1 aromatic carbocycles. The number of aromatic nitrogens is 2. The first kappa shape index (κ1) is 16.2. The Bertz CT molecular complexity index is 724. The van der Waals surface area contributed by atoms with Gasteiger partial charge in [-0.15, -0.1) is 0 Å². The predicted octanol–water partition coefficient (Wildman–Crippen LogP) is 0.610. The molecule has 1 heterocycles. The average molecular weight is 322 g/mol. The number of benzene rings is 1. The molecule has 2 rings (SSSR count). The molecule has 1 atom stereocenters. The van der Waals surface area contributed by atoms with E-state index in [2.05, 4.69) is 15.1 Å². The molecule has 0 unspecified atom stereocenters. The van der Waals surface area contributed by atoms with Gasteiger partial charge in [-0.2, -0.15) is 5.10 Å². The monoisotopic (exact) mass is 322 g/mol. The van der Waals surface area contributed by atoms with Crippen molar-refractivity contribution in [2.45, 2.75) is 24.4 Å². The highest BCUT2D eigenvalue weighted by atomic mass is 32.2. The zero-order chi connectivity index (χ0) is 16.2. The third kappa shape index (κ3) is 3.92. The van der Waals surface area contributed by atoms with Crippen LogP contribution in [0.25, 0.3) is 0 Å². The van der Waals surface area contributed by atoms with E-state index in [0.717, 1.165) is 0 Å². The number of carbonyl (C=O) groups is 1. The van der Waals surface area contributed by atoms with Gasteiger partial charge in [-0.1, -0.05) is 0 Å². The molecule has 0 fully saturated rings. The van der Waals surface area contributed by atoms with Crippen molar-refractivity contribution in [2.75, 3.05) is 7.05 Å². The highest BCUT2D eigenvalue weighted by Crippen LogP contribution is 2.10. The van der Waals surface area contributed by atoms with Gasteiger partial charge >= 0.3 is 0 Å². The SMILES string of the molecule is CNS(=O)(=O)c1ccc(C(=O)N[C@@H](C)Cn2cccn2)cc1. The summed E-state index contributed by atoms with van der Waals surface area (Å²) in [6.07, 6.45) is 3.50. The van der Waals surface area contributed by atoms with E-state index >= 15 is 0 Å².